The molecule has 4 rings (SSSR count). The molecule has 0 fully saturated rings. The van der Waals surface area contributed by atoms with Gasteiger partial charge in [-0.05, 0) is 12.1 Å². The molecule has 2 N–H and O–H groups in total. The molecule has 0 saturated heterocycles. The molecule has 9 heteroatoms. The number of thioether (sulfide) groups is 1. The van der Waals surface area contributed by atoms with E-state index in [9.17, 15) is 4.79 Å². The van der Waals surface area contributed by atoms with Gasteiger partial charge in [0, 0.05) is 17.8 Å². The zero-order chi connectivity index (χ0) is 16.5. The van der Waals surface area contributed by atoms with E-state index in [0.29, 0.717) is 33.0 Å². The molecule has 0 spiro atoms. The predicted octanol–water partition coefficient (Wildman–Crippen LogP) is 3.07. The maximum absolute atomic E-state index is 12.1. The first-order valence-corrected chi connectivity index (χ1v) is 8.37. The molecule has 1 amide bonds. The van der Waals surface area contributed by atoms with Crippen LogP contribution in [0.4, 0.5) is 5.69 Å². The van der Waals surface area contributed by atoms with Gasteiger partial charge in [0.1, 0.15) is 5.15 Å². The summed E-state index contributed by atoms with van der Waals surface area (Å²) in [6.07, 6.45) is 1.61. The molecule has 1 aliphatic rings. The third-order valence-electron chi connectivity index (χ3n) is 3.31. The molecule has 3 heterocycles. The Kier molecular flexibility index (Phi) is 3.91. The van der Waals surface area contributed by atoms with Crippen LogP contribution in [0.25, 0.3) is 11.0 Å². The molecule has 1 aromatic carbocycles. The van der Waals surface area contributed by atoms with Crippen molar-refractivity contribution in [1.29, 1.82) is 0 Å². The van der Waals surface area contributed by atoms with Crippen molar-refractivity contribution >= 4 is 46.0 Å². The van der Waals surface area contributed by atoms with Gasteiger partial charge in [0.25, 0.3) is 0 Å². The number of H-pyrrole nitrogens is 1. The summed E-state index contributed by atoms with van der Waals surface area (Å²) in [5.74, 6) is 1.38. The van der Waals surface area contributed by atoms with Crippen molar-refractivity contribution in [2.24, 2.45) is 0 Å². The molecule has 0 unspecified atom stereocenters. The Morgan fingerprint density at radius 1 is 1.33 bits per heavy atom. The van der Waals surface area contributed by atoms with E-state index in [2.05, 4.69) is 20.3 Å². The van der Waals surface area contributed by atoms with Crippen LogP contribution >= 0.6 is 23.4 Å². The van der Waals surface area contributed by atoms with Crippen LogP contribution in [-0.2, 0) is 4.79 Å². The van der Waals surface area contributed by atoms with Gasteiger partial charge in [0.15, 0.2) is 16.7 Å². The Hall–Kier alpha value is -2.45. The van der Waals surface area contributed by atoms with E-state index in [1.54, 1.807) is 30.5 Å². The van der Waals surface area contributed by atoms with Crippen LogP contribution in [0.3, 0.4) is 0 Å². The molecule has 122 valence electrons. The zero-order valence-corrected chi connectivity index (χ0v) is 13.8. The summed E-state index contributed by atoms with van der Waals surface area (Å²) in [7, 11) is 0. The number of anilines is 1. The number of rotatable bonds is 4. The van der Waals surface area contributed by atoms with Crippen molar-refractivity contribution in [3.63, 3.8) is 0 Å². The summed E-state index contributed by atoms with van der Waals surface area (Å²) in [5, 5.41) is 3.83. The van der Waals surface area contributed by atoms with E-state index in [0.717, 1.165) is 5.52 Å². The molecule has 3 aromatic rings. The lowest BCUT2D eigenvalue weighted by Gasteiger charge is -2.05. The van der Waals surface area contributed by atoms with E-state index in [4.69, 9.17) is 21.1 Å². The first kappa shape index (κ1) is 15.1. The number of benzene rings is 1. The van der Waals surface area contributed by atoms with E-state index in [1.807, 2.05) is 0 Å². The number of hydrogen-bond donors (Lipinski definition) is 2. The monoisotopic (exact) mass is 362 g/mol. The number of nitrogens with zero attached hydrogens (tertiary/aromatic N) is 2. The van der Waals surface area contributed by atoms with Crippen molar-refractivity contribution in [2.45, 2.75) is 5.16 Å². The number of ether oxygens (including phenoxy) is 2. The topological polar surface area (TPSA) is 89.1 Å². The normalized spacial score (nSPS) is 12.5. The van der Waals surface area contributed by atoms with Crippen LogP contribution in [0, 0.1) is 0 Å². The number of nitrogens with one attached hydrogen (secondary N) is 2. The van der Waals surface area contributed by atoms with Crippen molar-refractivity contribution < 1.29 is 14.3 Å². The van der Waals surface area contributed by atoms with Crippen LogP contribution in [0.1, 0.15) is 0 Å². The largest absolute Gasteiger partial charge is 0.454 e. The molecule has 0 radical (unpaired) electrons. The first-order chi connectivity index (χ1) is 11.7. The summed E-state index contributed by atoms with van der Waals surface area (Å²) < 4.78 is 10.5. The minimum absolute atomic E-state index is 0.143. The second-order valence-corrected chi connectivity index (χ2v) is 6.32. The molecule has 0 saturated carbocycles. The van der Waals surface area contributed by atoms with E-state index < -0.39 is 0 Å². The number of aromatic nitrogens is 3. The van der Waals surface area contributed by atoms with E-state index in [1.165, 1.54) is 11.8 Å². The van der Waals surface area contributed by atoms with Gasteiger partial charge in [-0.25, -0.2) is 9.97 Å². The van der Waals surface area contributed by atoms with E-state index >= 15 is 0 Å². The smallest absolute Gasteiger partial charge is 0.234 e. The van der Waals surface area contributed by atoms with Crippen LogP contribution in [-0.4, -0.2) is 33.4 Å². The number of carbonyl (C=O) groups is 1. The number of halogens is 1. The second kappa shape index (κ2) is 6.21. The van der Waals surface area contributed by atoms with Crippen molar-refractivity contribution in [1.82, 2.24) is 15.0 Å². The lowest BCUT2D eigenvalue weighted by atomic mass is 10.3. The molecule has 0 atom stereocenters. The number of fused-ring (bicyclic) bond motifs is 2. The summed E-state index contributed by atoms with van der Waals surface area (Å²) in [5.41, 5.74) is 2.15. The van der Waals surface area contributed by atoms with Crippen molar-refractivity contribution in [3.8, 4) is 11.5 Å². The number of imidazole rings is 1. The fraction of sp³-hybridized carbons (Fsp3) is 0.133. The minimum atomic E-state index is -0.143. The van der Waals surface area contributed by atoms with Gasteiger partial charge in [-0.3, -0.25) is 4.79 Å². The van der Waals surface area contributed by atoms with Gasteiger partial charge in [-0.15, -0.1) is 0 Å². The Labute approximate surface area is 145 Å². The van der Waals surface area contributed by atoms with Crippen LogP contribution in [0.2, 0.25) is 5.15 Å². The standard InChI is InChI=1S/C15H11ClN4O3S/c16-13-4-9-10(5-17-13)20-15(19-9)24-6-14(21)18-8-1-2-11-12(3-8)23-7-22-11/h1-5H,6-7H2,(H,18,21)(H,19,20). The van der Waals surface area contributed by atoms with Gasteiger partial charge in [0.05, 0.1) is 23.0 Å². The molecular weight excluding hydrogens is 352 g/mol. The quantitative estimate of drug-likeness (QED) is 0.547. The highest BCUT2D eigenvalue weighted by Crippen LogP contribution is 2.34. The number of hydrogen-bond acceptors (Lipinski definition) is 6. The molecule has 0 aliphatic carbocycles. The van der Waals surface area contributed by atoms with Crippen molar-refractivity contribution in [2.75, 3.05) is 17.9 Å². The first-order valence-electron chi connectivity index (χ1n) is 7.01. The Balaban J connectivity index is 1.39. The number of carbonyl (C=O) groups excluding carboxylic acids is 1. The number of aromatic amines is 1. The molecule has 2 aromatic heterocycles. The van der Waals surface area contributed by atoms with Crippen LogP contribution in [0.15, 0.2) is 35.6 Å². The highest BCUT2D eigenvalue weighted by molar-refractivity contribution is 7.99. The van der Waals surface area contributed by atoms with Crippen LogP contribution in [0.5, 0.6) is 11.5 Å². The number of pyridine rings is 1. The Morgan fingerprint density at radius 3 is 3.12 bits per heavy atom. The molecule has 24 heavy (non-hydrogen) atoms. The Bertz CT molecular complexity index is 930. The average molecular weight is 363 g/mol. The third-order valence-corrected chi connectivity index (χ3v) is 4.39. The molecule has 1 aliphatic heterocycles. The molecule has 0 bridgehead atoms. The van der Waals surface area contributed by atoms with Gasteiger partial charge in [0.2, 0.25) is 12.7 Å². The highest BCUT2D eigenvalue weighted by atomic mass is 35.5. The number of amides is 1. The zero-order valence-electron chi connectivity index (χ0n) is 12.2. The van der Waals surface area contributed by atoms with Crippen LogP contribution < -0.4 is 14.8 Å². The summed E-state index contributed by atoms with van der Waals surface area (Å²) in [4.78, 5) is 23.5. The molecule has 7 nitrogen and oxygen atoms in total. The fourth-order valence-corrected chi connectivity index (χ4v) is 3.07. The highest BCUT2D eigenvalue weighted by Gasteiger charge is 2.14. The fourth-order valence-electron chi connectivity index (χ4n) is 2.24. The maximum atomic E-state index is 12.1. The summed E-state index contributed by atoms with van der Waals surface area (Å²) in [6.45, 7) is 0.202. The third kappa shape index (κ3) is 3.10. The SMILES string of the molecule is O=C(CSc1nc2cc(Cl)ncc2[nH]1)Nc1ccc2c(c1)OCO2. The van der Waals surface area contributed by atoms with Gasteiger partial charge >= 0.3 is 0 Å². The minimum Gasteiger partial charge on any atom is -0.454 e. The maximum Gasteiger partial charge on any atom is 0.234 e. The second-order valence-electron chi connectivity index (χ2n) is 4.97. The lowest BCUT2D eigenvalue weighted by molar-refractivity contribution is -0.113. The summed E-state index contributed by atoms with van der Waals surface area (Å²) >= 11 is 7.13. The predicted molar refractivity (Wildman–Crippen MR) is 90.8 cm³/mol. The Morgan fingerprint density at radius 2 is 2.21 bits per heavy atom. The average Bonchev–Trinajstić information content (AvgIpc) is 3.18. The van der Waals surface area contributed by atoms with Gasteiger partial charge in [-0.1, -0.05) is 23.4 Å². The summed E-state index contributed by atoms with van der Waals surface area (Å²) in [6, 6.07) is 6.94. The van der Waals surface area contributed by atoms with E-state index in [-0.39, 0.29) is 18.5 Å². The molecular formula is C15H11ClN4O3S. The van der Waals surface area contributed by atoms with Gasteiger partial charge < -0.3 is 19.8 Å². The van der Waals surface area contributed by atoms with Gasteiger partial charge in [-0.2, -0.15) is 0 Å². The lowest BCUT2D eigenvalue weighted by Crippen LogP contribution is -2.14. The van der Waals surface area contributed by atoms with Crippen molar-refractivity contribution in [3.05, 3.63) is 35.6 Å².